The Balaban J connectivity index is 1.87. The molecule has 0 aliphatic carbocycles. The minimum Gasteiger partial charge on any atom is -0.471 e. The first-order chi connectivity index (χ1) is 16.9. The number of methoxy groups -OCH3 is 1. The van der Waals surface area contributed by atoms with Crippen LogP contribution in [0.25, 0.3) is 5.57 Å². The monoisotopic (exact) mass is 490 g/mol. The molecule has 0 bridgehead atoms. The van der Waals surface area contributed by atoms with Crippen LogP contribution in [-0.2, 0) is 28.5 Å². The smallest absolute Gasteiger partial charge is 0.337 e. The van der Waals surface area contributed by atoms with Crippen LogP contribution in [0.1, 0.15) is 12.0 Å². The van der Waals surface area contributed by atoms with Gasteiger partial charge < -0.3 is 39.4 Å². The number of allylic oxidation sites excluding steroid dienone is 2. The first kappa shape index (κ1) is 26.7. The molecule has 1 fully saturated rings. The fraction of sp³-hybridized carbons (Fsp3) is 0.440. The first-order valence-corrected chi connectivity index (χ1v) is 11.1. The summed E-state index contributed by atoms with van der Waals surface area (Å²) in [6.07, 6.45) is -3.20. The molecule has 0 radical (unpaired) electrons. The minimum atomic E-state index is -1.63. The zero-order valence-electron chi connectivity index (χ0n) is 19.2. The molecule has 2 heterocycles. The van der Waals surface area contributed by atoms with Crippen molar-refractivity contribution in [2.45, 2.75) is 43.4 Å². The van der Waals surface area contributed by atoms with E-state index >= 15 is 0 Å². The fourth-order valence-corrected chi connectivity index (χ4v) is 4.15. The Hall–Kier alpha value is -2.86. The summed E-state index contributed by atoms with van der Waals surface area (Å²) in [5, 5.41) is 39.8. The van der Waals surface area contributed by atoms with Gasteiger partial charge in [0.25, 0.3) is 0 Å². The van der Waals surface area contributed by atoms with Gasteiger partial charge in [-0.05, 0) is 12.0 Å². The van der Waals surface area contributed by atoms with Crippen LogP contribution in [-0.4, -0.2) is 83.4 Å². The lowest BCUT2D eigenvalue weighted by Gasteiger charge is -2.43. The molecular formula is C25H30O10. The third kappa shape index (κ3) is 5.87. The topological polar surface area (TPSA) is 152 Å². The van der Waals surface area contributed by atoms with Gasteiger partial charge >= 0.3 is 5.97 Å². The van der Waals surface area contributed by atoms with Crippen LogP contribution in [0.15, 0.2) is 60.9 Å². The maximum atomic E-state index is 12.4. The molecular weight excluding hydrogens is 460 g/mol. The predicted molar refractivity (Wildman–Crippen MR) is 122 cm³/mol. The number of aliphatic hydroxyl groups is 4. The Morgan fingerprint density at radius 3 is 2.43 bits per heavy atom. The number of benzene rings is 1. The molecule has 2 aliphatic heterocycles. The summed E-state index contributed by atoms with van der Waals surface area (Å²) in [5.74, 6) is -1.88. The highest BCUT2D eigenvalue weighted by Gasteiger charge is 2.47. The number of carbonyl (C=O) groups is 2. The van der Waals surface area contributed by atoms with Gasteiger partial charge in [-0.2, -0.15) is 0 Å². The van der Waals surface area contributed by atoms with Crippen molar-refractivity contribution in [3.63, 3.8) is 0 Å². The molecule has 1 aromatic carbocycles. The fourth-order valence-electron chi connectivity index (χ4n) is 4.15. The normalized spacial score (nSPS) is 33.3. The van der Waals surface area contributed by atoms with E-state index in [4.69, 9.17) is 18.9 Å². The second-order valence-electron chi connectivity index (χ2n) is 8.20. The van der Waals surface area contributed by atoms with E-state index in [9.17, 15) is 30.0 Å². The van der Waals surface area contributed by atoms with Crippen molar-refractivity contribution >= 4 is 17.8 Å². The van der Waals surface area contributed by atoms with Crippen LogP contribution in [0.4, 0.5) is 0 Å². The molecule has 0 amide bonds. The molecule has 10 nitrogen and oxygen atoms in total. The molecule has 0 aromatic heterocycles. The van der Waals surface area contributed by atoms with E-state index in [0.29, 0.717) is 11.1 Å². The van der Waals surface area contributed by atoms with Crippen LogP contribution >= 0.6 is 0 Å². The van der Waals surface area contributed by atoms with Crippen LogP contribution in [0, 0.1) is 11.8 Å². The molecule has 0 unspecified atom stereocenters. The predicted octanol–water partition coefficient (Wildman–Crippen LogP) is 0.307. The maximum Gasteiger partial charge on any atom is 0.337 e. The van der Waals surface area contributed by atoms with Gasteiger partial charge in [-0.25, -0.2) is 4.79 Å². The Bertz CT molecular complexity index is 941. The third-order valence-electron chi connectivity index (χ3n) is 6.14. The van der Waals surface area contributed by atoms with Crippen molar-refractivity contribution in [1.82, 2.24) is 0 Å². The van der Waals surface area contributed by atoms with Crippen molar-refractivity contribution in [2.24, 2.45) is 11.8 Å². The zero-order chi connectivity index (χ0) is 25.5. The second-order valence-corrected chi connectivity index (χ2v) is 8.20. The SMILES string of the molecule is C=C[C@H]1[C@H](O[C@@H]2O[C@H](CO)[C@@H](O)[C@H](O)[C@H]2O)OC=C(C(=O)OC)[C@H]1C/C=C(/C=O)c1ccccc1. The molecule has 1 saturated heterocycles. The molecule has 35 heavy (non-hydrogen) atoms. The van der Waals surface area contributed by atoms with Gasteiger partial charge in [-0.3, -0.25) is 4.79 Å². The average Bonchev–Trinajstić information content (AvgIpc) is 2.89. The highest BCUT2D eigenvalue weighted by atomic mass is 16.8. The molecule has 3 rings (SSSR count). The summed E-state index contributed by atoms with van der Waals surface area (Å²) in [4.78, 5) is 24.2. The van der Waals surface area contributed by atoms with Gasteiger partial charge in [-0.15, -0.1) is 6.58 Å². The van der Waals surface area contributed by atoms with E-state index in [2.05, 4.69) is 6.58 Å². The van der Waals surface area contributed by atoms with Crippen molar-refractivity contribution < 1.29 is 49.0 Å². The summed E-state index contributed by atoms with van der Waals surface area (Å²) in [6, 6.07) is 9.02. The van der Waals surface area contributed by atoms with Gasteiger partial charge in [0.05, 0.1) is 25.6 Å². The van der Waals surface area contributed by atoms with Gasteiger partial charge in [0.2, 0.25) is 6.29 Å². The van der Waals surface area contributed by atoms with Gasteiger partial charge in [0, 0.05) is 17.4 Å². The summed E-state index contributed by atoms with van der Waals surface area (Å²) in [5.41, 5.74) is 1.33. The second kappa shape index (κ2) is 12.2. The molecule has 190 valence electrons. The van der Waals surface area contributed by atoms with E-state index in [1.165, 1.54) is 19.4 Å². The van der Waals surface area contributed by atoms with E-state index in [1.54, 1.807) is 30.3 Å². The largest absolute Gasteiger partial charge is 0.471 e. The Morgan fingerprint density at radius 2 is 1.83 bits per heavy atom. The van der Waals surface area contributed by atoms with E-state index in [-0.39, 0.29) is 12.0 Å². The highest BCUT2D eigenvalue weighted by Crippen LogP contribution is 2.37. The Morgan fingerprint density at radius 1 is 1.11 bits per heavy atom. The quantitative estimate of drug-likeness (QED) is 0.165. The molecule has 0 saturated carbocycles. The summed E-state index contributed by atoms with van der Waals surface area (Å²) in [6.45, 7) is 3.20. The van der Waals surface area contributed by atoms with E-state index < -0.39 is 61.4 Å². The number of carbonyl (C=O) groups excluding carboxylic acids is 2. The molecule has 4 N–H and O–H groups in total. The number of ether oxygens (including phenoxy) is 4. The lowest BCUT2D eigenvalue weighted by Crippen LogP contribution is -2.60. The summed E-state index contributed by atoms with van der Waals surface area (Å²) < 4.78 is 21.7. The average molecular weight is 491 g/mol. The van der Waals surface area contributed by atoms with Crippen LogP contribution < -0.4 is 0 Å². The molecule has 8 atom stereocenters. The zero-order valence-corrected chi connectivity index (χ0v) is 19.2. The van der Waals surface area contributed by atoms with Gasteiger partial charge in [0.15, 0.2) is 6.29 Å². The highest BCUT2D eigenvalue weighted by molar-refractivity contribution is 6.06. The number of aliphatic hydroxyl groups excluding tert-OH is 4. The minimum absolute atomic E-state index is 0.195. The molecule has 0 spiro atoms. The molecule has 1 aromatic rings. The first-order valence-electron chi connectivity index (χ1n) is 11.1. The number of aldehydes is 1. The Kier molecular flexibility index (Phi) is 9.33. The molecule has 2 aliphatic rings. The number of hydrogen-bond acceptors (Lipinski definition) is 10. The van der Waals surface area contributed by atoms with Crippen LogP contribution in [0.5, 0.6) is 0 Å². The van der Waals surface area contributed by atoms with E-state index in [0.717, 1.165) is 6.29 Å². The van der Waals surface area contributed by atoms with Crippen molar-refractivity contribution in [1.29, 1.82) is 0 Å². The standard InChI is InChI=1S/C25H30O10/c1-3-16-17(10-9-15(11-26)14-7-5-4-6-8-14)18(23(31)32-2)13-33-24(16)35-25-22(30)21(29)20(28)19(12-27)34-25/h3-9,11,13,16-17,19-22,24-25,27-30H,1,10,12H2,2H3/b15-9-/t16-,17+,19-,20-,21+,22-,24+,25+/m1/s1. The van der Waals surface area contributed by atoms with Crippen molar-refractivity contribution in [2.75, 3.05) is 13.7 Å². The summed E-state index contributed by atoms with van der Waals surface area (Å²) >= 11 is 0. The summed E-state index contributed by atoms with van der Waals surface area (Å²) in [7, 11) is 1.23. The number of hydrogen-bond donors (Lipinski definition) is 4. The van der Waals surface area contributed by atoms with Crippen molar-refractivity contribution in [3.8, 4) is 0 Å². The maximum absolute atomic E-state index is 12.4. The lowest BCUT2D eigenvalue weighted by molar-refractivity contribution is -0.339. The van der Waals surface area contributed by atoms with Gasteiger partial charge in [-0.1, -0.05) is 42.5 Å². The van der Waals surface area contributed by atoms with Gasteiger partial charge in [0.1, 0.15) is 30.7 Å². The Labute approximate surface area is 202 Å². The number of rotatable bonds is 9. The third-order valence-corrected chi connectivity index (χ3v) is 6.14. The molecule has 10 heteroatoms. The number of esters is 1. The van der Waals surface area contributed by atoms with Crippen LogP contribution in [0.3, 0.4) is 0 Å². The lowest BCUT2D eigenvalue weighted by atomic mass is 9.81. The van der Waals surface area contributed by atoms with Crippen molar-refractivity contribution in [3.05, 3.63) is 66.5 Å². The van der Waals surface area contributed by atoms with E-state index in [1.807, 2.05) is 6.07 Å². The van der Waals surface area contributed by atoms with Crippen LogP contribution in [0.2, 0.25) is 0 Å².